The van der Waals surface area contributed by atoms with Crippen LogP contribution in [0.4, 0.5) is 13.2 Å². The Hall–Kier alpha value is -0.820. The van der Waals surface area contributed by atoms with Gasteiger partial charge in [-0.2, -0.15) is 13.2 Å². The SMILES string of the molecule is CNC(C)(CCCCN(CC(F)(F)F)C(C)C)C(=O)O. The molecular formula is C13H25F3N2O2. The summed E-state index contributed by atoms with van der Waals surface area (Å²) in [6.07, 6.45) is -2.72. The van der Waals surface area contributed by atoms with Gasteiger partial charge in [0.1, 0.15) is 5.54 Å². The Morgan fingerprint density at radius 3 is 2.20 bits per heavy atom. The van der Waals surface area contributed by atoms with E-state index < -0.39 is 24.2 Å². The molecule has 0 aromatic rings. The molecule has 0 aliphatic heterocycles. The van der Waals surface area contributed by atoms with Crippen LogP contribution in [0.5, 0.6) is 0 Å². The second kappa shape index (κ2) is 7.83. The fourth-order valence-electron chi connectivity index (χ4n) is 1.88. The highest BCUT2D eigenvalue weighted by Gasteiger charge is 2.32. The molecule has 1 atom stereocenters. The van der Waals surface area contributed by atoms with Crippen LogP contribution in [0.15, 0.2) is 0 Å². The van der Waals surface area contributed by atoms with E-state index in [1.165, 1.54) is 4.90 Å². The lowest BCUT2D eigenvalue weighted by Crippen LogP contribution is -2.47. The van der Waals surface area contributed by atoms with E-state index in [9.17, 15) is 18.0 Å². The number of hydrogen-bond donors (Lipinski definition) is 2. The first-order valence-corrected chi connectivity index (χ1v) is 6.75. The summed E-state index contributed by atoms with van der Waals surface area (Å²) in [6, 6.07) is -0.188. The van der Waals surface area contributed by atoms with Gasteiger partial charge in [-0.25, -0.2) is 0 Å². The first kappa shape index (κ1) is 19.2. The van der Waals surface area contributed by atoms with Crippen LogP contribution in [-0.2, 0) is 4.79 Å². The summed E-state index contributed by atoms with van der Waals surface area (Å²) in [5.74, 6) is -0.948. The van der Waals surface area contributed by atoms with E-state index in [1.807, 2.05) is 0 Å². The molecule has 0 rings (SSSR count). The first-order valence-electron chi connectivity index (χ1n) is 6.75. The maximum absolute atomic E-state index is 12.4. The Bertz CT molecular complexity index is 308. The molecule has 4 nitrogen and oxygen atoms in total. The lowest BCUT2D eigenvalue weighted by atomic mass is 9.95. The van der Waals surface area contributed by atoms with E-state index in [-0.39, 0.29) is 6.04 Å². The van der Waals surface area contributed by atoms with Gasteiger partial charge in [0.15, 0.2) is 0 Å². The predicted molar refractivity (Wildman–Crippen MR) is 71.7 cm³/mol. The molecule has 0 saturated carbocycles. The number of hydrogen-bond acceptors (Lipinski definition) is 3. The van der Waals surface area contributed by atoms with E-state index in [4.69, 9.17) is 5.11 Å². The van der Waals surface area contributed by atoms with Crippen LogP contribution < -0.4 is 5.32 Å². The quantitative estimate of drug-likeness (QED) is 0.642. The van der Waals surface area contributed by atoms with E-state index in [1.54, 1.807) is 27.8 Å². The highest BCUT2D eigenvalue weighted by Crippen LogP contribution is 2.19. The third-order valence-corrected chi connectivity index (χ3v) is 3.51. The molecule has 0 aromatic heterocycles. The predicted octanol–water partition coefficient (Wildman–Crippen LogP) is 2.49. The number of carboxylic acids is 1. The summed E-state index contributed by atoms with van der Waals surface area (Å²) in [6.45, 7) is 4.41. The van der Waals surface area contributed by atoms with E-state index >= 15 is 0 Å². The van der Waals surface area contributed by atoms with Gasteiger partial charge in [0.05, 0.1) is 6.54 Å². The fraction of sp³-hybridized carbons (Fsp3) is 0.923. The van der Waals surface area contributed by atoms with Gasteiger partial charge in [-0.15, -0.1) is 0 Å². The van der Waals surface area contributed by atoms with Gasteiger partial charge in [0.25, 0.3) is 0 Å². The zero-order valence-electron chi connectivity index (χ0n) is 12.5. The van der Waals surface area contributed by atoms with Crippen LogP contribution in [0.2, 0.25) is 0 Å². The zero-order chi connectivity index (χ0) is 16.0. The largest absolute Gasteiger partial charge is 0.480 e. The Morgan fingerprint density at radius 2 is 1.85 bits per heavy atom. The molecule has 0 amide bonds. The molecule has 0 aliphatic rings. The second-order valence-corrected chi connectivity index (χ2v) is 5.52. The summed E-state index contributed by atoms with van der Waals surface area (Å²) in [5, 5.41) is 11.8. The average molecular weight is 298 g/mol. The Labute approximate surface area is 118 Å². The van der Waals surface area contributed by atoms with Gasteiger partial charge in [-0.3, -0.25) is 9.69 Å². The Balaban J connectivity index is 4.23. The van der Waals surface area contributed by atoms with Gasteiger partial charge in [0, 0.05) is 6.04 Å². The van der Waals surface area contributed by atoms with Crippen molar-refractivity contribution in [2.24, 2.45) is 0 Å². The van der Waals surface area contributed by atoms with E-state index in [0.29, 0.717) is 25.8 Å². The van der Waals surface area contributed by atoms with E-state index in [2.05, 4.69) is 5.32 Å². The van der Waals surface area contributed by atoms with Crippen LogP contribution in [0.3, 0.4) is 0 Å². The number of nitrogens with one attached hydrogen (secondary N) is 1. The molecule has 0 heterocycles. The van der Waals surface area contributed by atoms with Crippen LogP contribution in [0.25, 0.3) is 0 Å². The fourth-order valence-corrected chi connectivity index (χ4v) is 1.88. The minimum absolute atomic E-state index is 0.188. The summed E-state index contributed by atoms with van der Waals surface area (Å²) in [7, 11) is 1.57. The molecule has 0 fully saturated rings. The van der Waals surface area contributed by atoms with Crippen LogP contribution in [-0.4, -0.2) is 53.9 Å². The lowest BCUT2D eigenvalue weighted by Gasteiger charge is -2.28. The minimum atomic E-state index is -4.20. The molecule has 2 N–H and O–H groups in total. The van der Waals surface area contributed by atoms with Crippen molar-refractivity contribution in [3.8, 4) is 0 Å². The van der Waals surface area contributed by atoms with Crippen molar-refractivity contribution in [3.05, 3.63) is 0 Å². The van der Waals surface area contributed by atoms with Crippen molar-refractivity contribution in [2.45, 2.75) is 57.8 Å². The maximum atomic E-state index is 12.4. The minimum Gasteiger partial charge on any atom is -0.480 e. The second-order valence-electron chi connectivity index (χ2n) is 5.52. The van der Waals surface area contributed by atoms with Gasteiger partial charge in [-0.05, 0) is 53.6 Å². The number of halogens is 3. The van der Waals surface area contributed by atoms with Crippen LogP contribution in [0, 0.1) is 0 Å². The number of alkyl halides is 3. The highest BCUT2D eigenvalue weighted by atomic mass is 19.4. The molecular weight excluding hydrogens is 273 g/mol. The zero-order valence-corrected chi connectivity index (χ0v) is 12.5. The third-order valence-electron chi connectivity index (χ3n) is 3.51. The number of likely N-dealkylation sites (N-methyl/N-ethyl adjacent to an activating group) is 1. The standard InChI is InChI=1S/C13H25F3N2O2/c1-10(2)18(9-13(14,15)16)8-6-5-7-12(3,17-4)11(19)20/h10,17H,5-9H2,1-4H3,(H,19,20). The summed E-state index contributed by atoms with van der Waals surface area (Å²) in [5.41, 5.74) is -1.02. The Kier molecular flexibility index (Phi) is 7.51. The molecule has 0 saturated heterocycles. The number of nitrogens with zero attached hydrogens (tertiary/aromatic N) is 1. The normalized spacial score (nSPS) is 15.7. The number of rotatable bonds is 9. The molecule has 20 heavy (non-hydrogen) atoms. The maximum Gasteiger partial charge on any atom is 0.401 e. The summed E-state index contributed by atoms with van der Waals surface area (Å²) in [4.78, 5) is 12.4. The summed E-state index contributed by atoms with van der Waals surface area (Å²) >= 11 is 0. The van der Waals surface area contributed by atoms with Crippen molar-refractivity contribution in [1.82, 2.24) is 10.2 Å². The smallest absolute Gasteiger partial charge is 0.401 e. The highest BCUT2D eigenvalue weighted by molar-refractivity contribution is 5.78. The number of unbranched alkanes of at least 4 members (excludes halogenated alkanes) is 1. The van der Waals surface area contributed by atoms with E-state index in [0.717, 1.165) is 0 Å². The van der Waals surface area contributed by atoms with Crippen molar-refractivity contribution in [2.75, 3.05) is 20.1 Å². The molecule has 1 unspecified atom stereocenters. The molecule has 0 aliphatic carbocycles. The molecule has 7 heteroatoms. The summed E-state index contributed by atoms with van der Waals surface area (Å²) < 4.78 is 37.2. The molecule has 0 bridgehead atoms. The number of carboxylic acid groups (broad SMARTS) is 1. The molecule has 0 radical (unpaired) electrons. The van der Waals surface area contributed by atoms with Crippen LogP contribution >= 0.6 is 0 Å². The van der Waals surface area contributed by atoms with Gasteiger partial charge < -0.3 is 10.4 Å². The number of carbonyl (C=O) groups is 1. The molecule has 0 spiro atoms. The molecule has 120 valence electrons. The van der Waals surface area contributed by atoms with Crippen molar-refractivity contribution < 1.29 is 23.1 Å². The Morgan fingerprint density at radius 1 is 1.30 bits per heavy atom. The monoisotopic (exact) mass is 298 g/mol. The van der Waals surface area contributed by atoms with Crippen molar-refractivity contribution in [3.63, 3.8) is 0 Å². The van der Waals surface area contributed by atoms with Crippen molar-refractivity contribution in [1.29, 1.82) is 0 Å². The van der Waals surface area contributed by atoms with Gasteiger partial charge in [-0.1, -0.05) is 0 Å². The van der Waals surface area contributed by atoms with Gasteiger partial charge in [0.2, 0.25) is 0 Å². The van der Waals surface area contributed by atoms with Crippen molar-refractivity contribution >= 4 is 5.97 Å². The number of aliphatic carboxylic acids is 1. The average Bonchev–Trinajstić information content (AvgIpc) is 2.30. The third kappa shape index (κ3) is 7.09. The molecule has 0 aromatic carbocycles. The topological polar surface area (TPSA) is 52.6 Å². The lowest BCUT2D eigenvalue weighted by molar-refractivity contribution is -0.149. The van der Waals surface area contributed by atoms with Gasteiger partial charge >= 0.3 is 12.1 Å². The first-order chi connectivity index (χ1) is 9.02. The van der Waals surface area contributed by atoms with Crippen LogP contribution in [0.1, 0.15) is 40.0 Å².